The predicted octanol–water partition coefficient (Wildman–Crippen LogP) is 2.95. The van der Waals surface area contributed by atoms with E-state index in [-0.39, 0.29) is 11.5 Å². The molecular weight excluding hydrogens is 240 g/mol. The van der Waals surface area contributed by atoms with Crippen molar-refractivity contribution in [2.24, 2.45) is 0 Å². The zero-order valence-corrected chi connectivity index (χ0v) is 10.1. The molecule has 3 rings (SSSR count). The maximum absolute atomic E-state index is 9.47. The largest absolute Gasteiger partial charge is 0.508 e. The van der Waals surface area contributed by atoms with E-state index in [0.717, 1.165) is 16.9 Å². The Morgan fingerprint density at radius 3 is 2.42 bits per heavy atom. The van der Waals surface area contributed by atoms with Gasteiger partial charge in [0.25, 0.3) is 0 Å². The average molecular weight is 252 g/mol. The zero-order valence-electron chi connectivity index (χ0n) is 10.1. The van der Waals surface area contributed by atoms with Crippen LogP contribution in [0.5, 0.6) is 11.5 Å². The first-order chi connectivity index (χ1) is 9.22. The van der Waals surface area contributed by atoms with Crippen LogP contribution in [0.4, 0.5) is 0 Å². The summed E-state index contributed by atoms with van der Waals surface area (Å²) >= 11 is 0. The van der Waals surface area contributed by atoms with E-state index in [1.165, 1.54) is 0 Å². The smallest absolute Gasteiger partial charge is 0.116 e. The molecule has 0 fully saturated rings. The van der Waals surface area contributed by atoms with Crippen LogP contribution in [0.2, 0.25) is 0 Å². The van der Waals surface area contributed by atoms with Gasteiger partial charge in [0.05, 0.1) is 12.0 Å². The van der Waals surface area contributed by atoms with Crippen LogP contribution < -0.4 is 0 Å². The molecule has 0 saturated heterocycles. The molecule has 2 aromatic carbocycles. The second kappa shape index (κ2) is 4.49. The van der Waals surface area contributed by atoms with Gasteiger partial charge >= 0.3 is 0 Å². The molecule has 1 aromatic heterocycles. The van der Waals surface area contributed by atoms with E-state index in [1.807, 2.05) is 29.0 Å². The molecular formula is C15H12N2O2. The van der Waals surface area contributed by atoms with Gasteiger partial charge in [-0.15, -0.1) is 0 Å². The first kappa shape index (κ1) is 11.3. The van der Waals surface area contributed by atoms with Gasteiger partial charge in [-0.3, -0.25) is 0 Å². The van der Waals surface area contributed by atoms with Gasteiger partial charge in [-0.1, -0.05) is 12.1 Å². The number of phenolic OH excluding ortho intramolecular Hbond substituents is 2. The van der Waals surface area contributed by atoms with Gasteiger partial charge in [0.2, 0.25) is 0 Å². The van der Waals surface area contributed by atoms with E-state index >= 15 is 0 Å². The van der Waals surface area contributed by atoms with Crippen molar-refractivity contribution in [2.75, 3.05) is 0 Å². The summed E-state index contributed by atoms with van der Waals surface area (Å²) in [6.45, 7) is 0. The van der Waals surface area contributed by atoms with Crippen molar-refractivity contribution in [3.63, 3.8) is 0 Å². The molecule has 19 heavy (non-hydrogen) atoms. The fourth-order valence-corrected chi connectivity index (χ4v) is 1.90. The summed E-state index contributed by atoms with van der Waals surface area (Å²) in [6, 6.07) is 13.8. The Balaban J connectivity index is 1.97. The second-order valence-electron chi connectivity index (χ2n) is 4.23. The quantitative estimate of drug-likeness (QED) is 0.737. The summed E-state index contributed by atoms with van der Waals surface area (Å²) in [4.78, 5) is 4.32. The van der Waals surface area contributed by atoms with Crippen molar-refractivity contribution < 1.29 is 10.2 Å². The van der Waals surface area contributed by atoms with E-state index in [4.69, 9.17) is 0 Å². The lowest BCUT2D eigenvalue weighted by Gasteiger charge is -2.01. The number of rotatable bonds is 2. The number of benzene rings is 2. The molecule has 0 aliphatic rings. The second-order valence-corrected chi connectivity index (χ2v) is 4.23. The lowest BCUT2D eigenvalue weighted by molar-refractivity contribution is 0.475. The summed E-state index contributed by atoms with van der Waals surface area (Å²) in [7, 11) is 0. The molecule has 0 atom stereocenters. The van der Waals surface area contributed by atoms with Crippen molar-refractivity contribution in [3.05, 3.63) is 61.1 Å². The molecule has 0 bridgehead atoms. The molecule has 0 spiro atoms. The number of phenols is 2. The highest BCUT2D eigenvalue weighted by atomic mass is 16.3. The SMILES string of the molecule is Oc1ccc(-n2cnc(-c3cccc(O)c3)c2)cc1. The molecule has 0 unspecified atom stereocenters. The fraction of sp³-hybridized carbons (Fsp3) is 0. The van der Waals surface area contributed by atoms with Crippen LogP contribution in [0.3, 0.4) is 0 Å². The normalized spacial score (nSPS) is 10.5. The molecule has 4 nitrogen and oxygen atoms in total. The third-order valence-corrected chi connectivity index (χ3v) is 2.87. The minimum Gasteiger partial charge on any atom is -0.508 e. The van der Waals surface area contributed by atoms with Crippen molar-refractivity contribution in [3.8, 4) is 28.4 Å². The van der Waals surface area contributed by atoms with Crippen LogP contribution in [0.1, 0.15) is 0 Å². The number of hydrogen-bond acceptors (Lipinski definition) is 3. The first-order valence-corrected chi connectivity index (χ1v) is 5.85. The van der Waals surface area contributed by atoms with Gasteiger partial charge < -0.3 is 14.8 Å². The van der Waals surface area contributed by atoms with Gasteiger partial charge in [0.1, 0.15) is 11.5 Å². The van der Waals surface area contributed by atoms with E-state index in [2.05, 4.69) is 4.98 Å². The standard InChI is InChI=1S/C15H12N2O2/c18-13-6-4-12(5-7-13)17-9-15(16-10-17)11-2-1-3-14(19)8-11/h1-10,18-19H. The van der Waals surface area contributed by atoms with Gasteiger partial charge in [-0.05, 0) is 36.4 Å². The molecule has 1 heterocycles. The summed E-state index contributed by atoms with van der Waals surface area (Å²) in [6.07, 6.45) is 3.58. The Morgan fingerprint density at radius 1 is 0.895 bits per heavy atom. The molecule has 0 aliphatic heterocycles. The van der Waals surface area contributed by atoms with Gasteiger partial charge in [0.15, 0.2) is 0 Å². The summed E-state index contributed by atoms with van der Waals surface area (Å²) < 4.78 is 1.86. The van der Waals surface area contributed by atoms with Crippen LogP contribution in [-0.4, -0.2) is 19.8 Å². The van der Waals surface area contributed by atoms with Crippen molar-refractivity contribution >= 4 is 0 Å². The molecule has 2 N–H and O–H groups in total. The number of imidazole rings is 1. The predicted molar refractivity (Wildman–Crippen MR) is 72.3 cm³/mol. The average Bonchev–Trinajstić information content (AvgIpc) is 2.89. The molecule has 0 radical (unpaired) electrons. The molecule has 0 amide bonds. The van der Waals surface area contributed by atoms with E-state index in [9.17, 15) is 10.2 Å². The highest BCUT2D eigenvalue weighted by Crippen LogP contribution is 2.23. The Kier molecular flexibility index (Phi) is 2.68. The van der Waals surface area contributed by atoms with E-state index < -0.39 is 0 Å². The maximum Gasteiger partial charge on any atom is 0.116 e. The number of aromatic hydroxyl groups is 2. The molecule has 3 aromatic rings. The van der Waals surface area contributed by atoms with Crippen molar-refractivity contribution in [2.45, 2.75) is 0 Å². The highest BCUT2D eigenvalue weighted by molar-refractivity contribution is 5.60. The molecule has 4 heteroatoms. The molecule has 0 aliphatic carbocycles. The number of aromatic nitrogens is 2. The Labute approximate surface area is 110 Å². The number of nitrogens with zero attached hydrogens (tertiary/aromatic N) is 2. The maximum atomic E-state index is 9.47. The lowest BCUT2D eigenvalue weighted by Crippen LogP contribution is -1.88. The van der Waals surface area contributed by atoms with Gasteiger partial charge in [0, 0.05) is 17.4 Å². The lowest BCUT2D eigenvalue weighted by atomic mass is 10.1. The minimum absolute atomic E-state index is 0.219. The van der Waals surface area contributed by atoms with Crippen molar-refractivity contribution in [1.29, 1.82) is 0 Å². The molecule has 0 saturated carbocycles. The third kappa shape index (κ3) is 2.28. The van der Waals surface area contributed by atoms with Crippen LogP contribution in [0.25, 0.3) is 16.9 Å². The monoisotopic (exact) mass is 252 g/mol. The van der Waals surface area contributed by atoms with Crippen LogP contribution in [0.15, 0.2) is 61.1 Å². The van der Waals surface area contributed by atoms with Gasteiger partial charge in [-0.2, -0.15) is 0 Å². The third-order valence-electron chi connectivity index (χ3n) is 2.87. The van der Waals surface area contributed by atoms with Crippen LogP contribution in [-0.2, 0) is 0 Å². The topological polar surface area (TPSA) is 58.3 Å². The minimum atomic E-state index is 0.219. The highest BCUT2D eigenvalue weighted by Gasteiger charge is 2.04. The van der Waals surface area contributed by atoms with Gasteiger partial charge in [-0.25, -0.2) is 4.98 Å². The van der Waals surface area contributed by atoms with Crippen LogP contribution >= 0.6 is 0 Å². The first-order valence-electron chi connectivity index (χ1n) is 5.85. The van der Waals surface area contributed by atoms with E-state index in [1.54, 1.807) is 36.7 Å². The Hall–Kier alpha value is -2.75. The Morgan fingerprint density at radius 2 is 1.68 bits per heavy atom. The summed E-state index contributed by atoms with van der Waals surface area (Å²) in [5.41, 5.74) is 2.55. The van der Waals surface area contributed by atoms with Crippen molar-refractivity contribution in [1.82, 2.24) is 9.55 Å². The fourth-order valence-electron chi connectivity index (χ4n) is 1.90. The Bertz CT molecular complexity index is 702. The van der Waals surface area contributed by atoms with E-state index in [0.29, 0.717) is 0 Å². The number of hydrogen-bond donors (Lipinski definition) is 2. The van der Waals surface area contributed by atoms with Crippen LogP contribution in [0, 0.1) is 0 Å². The summed E-state index contributed by atoms with van der Waals surface area (Å²) in [5, 5.41) is 18.7. The summed E-state index contributed by atoms with van der Waals surface area (Å²) in [5.74, 6) is 0.453. The zero-order chi connectivity index (χ0) is 13.2. The molecule has 94 valence electrons.